The first kappa shape index (κ1) is 23.5. The van der Waals surface area contributed by atoms with E-state index in [9.17, 15) is 14.4 Å². The smallest absolute Gasteiger partial charge is 0.310 e. The lowest BCUT2D eigenvalue weighted by atomic mass is 10.00. The SMILES string of the molecule is CC(=O)O[C@H]1CC(=O)OC2CC(CCC(Cl)=CCC=C1C)O[C@H]2[C@H]1C=C(C)CC(=O)O1. The Kier molecular flexibility index (Phi) is 7.94. The molecule has 0 radical (unpaired) electrons. The molecule has 3 aliphatic heterocycles. The highest BCUT2D eigenvalue weighted by atomic mass is 35.5. The molecule has 7 nitrogen and oxygen atoms in total. The van der Waals surface area contributed by atoms with Gasteiger partial charge in [0.1, 0.15) is 24.4 Å². The molecular weight excluding hydrogens is 424 g/mol. The Bertz CT molecular complexity index is 813. The van der Waals surface area contributed by atoms with Crippen LogP contribution in [-0.2, 0) is 33.3 Å². The van der Waals surface area contributed by atoms with E-state index in [0.717, 1.165) is 11.1 Å². The van der Waals surface area contributed by atoms with Crippen molar-refractivity contribution in [2.45, 2.75) is 89.8 Å². The standard InChI is InChI=1S/C23H29ClO7/c1-13-9-19(30-21(26)10-13)23-20-11-17(29-23)8-7-16(24)6-4-5-14(2)18(28-15(3)25)12-22(27)31-20/h5-6,9,17-20,23H,4,7-8,10-12H2,1-3H3/t17?,18-,19+,20?,23-/m0/s1. The van der Waals surface area contributed by atoms with E-state index in [1.165, 1.54) is 6.92 Å². The van der Waals surface area contributed by atoms with Gasteiger partial charge < -0.3 is 18.9 Å². The average Bonchev–Trinajstić information content (AvgIpc) is 3.06. The van der Waals surface area contributed by atoms with Gasteiger partial charge >= 0.3 is 17.9 Å². The zero-order valence-corrected chi connectivity index (χ0v) is 18.9. The fraction of sp³-hybridized carbons (Fsp3) is 0.609. The van der Waals surface area contributed by atoms with Crippen molar-refractivity contribution in [3.05, 3.63) is 34.4 Å². The van der Waals surface area contributed by atoms with Crippen molar-refractivity contribution in [1.29, 1.82) is 0 Å². The Morgan fingerprint density at radius 2 is 1.94 bits per heavy atom. The summed E-state index contributed by atoms with van der Waals surface area (Å²) < 4.78 is 22.7. The largest absolute Gasteiger partial charge is 0.459 e. The van der Waals surface area contributed by atoms with E-state index >= 15 is 0 Å². The second-order valence-electron chi connectivity index (χ2n) is 8.31. The lowest BCUT2D eigenvalue weighted by Gasteiger charge is -2.28. The molecule has 0 N–H and O–H groups in total. The molecule has 3 aliphatic rings. The fourth-order valence-electron chi connectivity index (χ4n) is 4.07. The number of fused-ring (bicyclic) bond motifs is 2. The van der Waals surface area contributed by atoms with E-state index in [2.05, 4.69) is 0 Å². The molecule has 3 heterocycles. The van der Waals surface area contributed by atoms with Crippen LogP contribution in [0.2, 0.25) is 0 Å². The highest BCUT2D eigenvalue weighted by molar-refractivity contribution is 6.29. The van der Waals surface area contributed by atoms with Gasteiger partial charge in [0, 0.05) is 18.4 Å². The number of halogens is 1. The summed E-state index contributed by atoms with van der Waals surface area (Å²) in [7, 11) is 0. The van der Waals surface area contributed by atoms with E-state index in [0.29, 0.717) is 30.7 Å². The van der Waals surface area contributed by atoms with Crippen molar-refractivity contribution >= 4 is 29.5 Å². The third-order valence-electron chi connectivity index (χ3n) is 5.61. The van der Waals surface area contributed by atoms with Gasteiger partial charge in [0.15, 0.2) is 0 Å². The molecule has 170 valence electrons. The maximum Gasteiger partial charge on any atom is 0.310 e. The molecule has 2 bridgehead atoms. The summed E-state index contributed by atoms with van der Waals surface area (Å²) in [6, 6.07) is 0. The molecule has 0 aromatic carbocycles. The van der Waals surface area contributed by atoms with Crippen LogP contribution >= 0.6 is 11.6 Å². The Morgan fingerprint density at radius 3 is 2.65 bits per heavy atom. The van der Waals surface area contributed by atoms with Gasteiger partial charge in [0.25, 0.3) is 0 Å². The molecule has 8 heteroatoms. The summed E-state index contributed by atoms with van der Waals surface area (Å²) >= 11 is 6.36. The summed E-state index contributed by atoms with van der Waals surface area (Å²) in [4.78, 5) is 36.2. The van der Waals surface area contributed by atoms with Gasteiger partial charge in [-0.25, -0.2) is 0 Å². The van der Waals surface area contributed by atoms with Gasteiger partial charge in [-0.1, -0.05) is 29.3 Å². The number of cyclic esters (lactones) is 1. The minimum absolute atomic E-state index is 0.105. The van der Waals surface area contributed by atoms with Gasteiger partial charge in [-0.15, -0.1) is 0 Å². The number of hydrogen-bond donors (Lipinski definition) is 0. The molecule has 0 amide bonds. The van der Waals surface area contributed by atoms with Gasteiger partial charge in [-0.3, -0.25) is 14.4 Å². The van der Waals surface area contributed by atoms with Crippen LogP contribution in [0.25, 0.3) is 0 Å². The Balaban J connectivity index is 1.83. The van der Waals surface area contributed by atoms with Crippen LogP contribution in [0.3, 0.4) is 0 Å². The molecule has 31 heavy (non-hydrogen) atoms. The fourth-order valence-corrected chi connectivity index (χ4v) is 4.27. The van der Waals surface area contributed by atoms with E-state index in [4.69, 9.17) is 30.5 Å². The minimum atomic E-state index is -0.716. The number of hydrogen-bond acceptors (Lipinski definition) is 7. The molecule has 5 atom stereocenters. The van der Waals surface area contributed by atoms with Crippen molar-refractivity contribution in [3.63, 3.8) is 0 Å². The maximum absolute atomic E-state index is 12.7. The van der Waals surface area contributed by atoms with Crippen molar-refractivity contribution in [2.75, 3.05) is 0 Å². The molecule has 0 spiro atoms. The number of rotatable bonds is 2. The predicted molar refractivity (Wildman–Crippen MR) is 113 cm³/mol. The molecule has 0 saturated carbocycles. The third-order valence-corrected chi connectivity index (χ3v) is 5.95. The van der Waals surface area contributed by atoms with Crippen LogP contribution in [-0.4, -0.2) is 48.4 Å². The van der Waals surface area contributed by atoms with E-state index in [1.807, 2.05) is 25.2 Å². The summed E-state index contributed by atoms with van der Waals surface area (Å²) in [5.74, 6) is -1.29. The first-order valence-electron chi connectivity index (χ1n) is 10.6. The summed E-state index contributed by atoms with van der Waals surface area (Å²) in [5.41, 5.74) is 1.65. The zero-order valence-electron chi connectivity index (χ0n) is 18.1. The Hall–Kier alpha value is -2.12. The highest BCUT2D eigenvalue weighted by Crippen LogP contribution is 2.33. The molecule has 0 aliphatic carbocycles. The number of esters is 3. The van der Waals surface area contributed by atoms with Crippen molar-refractivity contribution in [2.24, 2.45) is 0 Å². The van der Waals surface area contributed by atoms with Gasteiger partial charge in [0.2, 0.25) is 0 Å². The number of carbonyl (C=O) groups is 3. The number of allylic oxidation sites excluding steroid dienone is 3. The van der Waals surface area contributed by atoms with E-state index < -0.39 is 36.4 Å². The Labute approximate surface area is 187 Å². The first-order chi connectivity index (χ1) is 14.7. The highest BCUT2D eigenvalue weighted by Gasteiger charge is 2.44. The zero-order chi connectivity index (χ0) is 22.5. The number of carbonyl (C=O) groups excluding carboxylic acids is 3. The Morgan fingerprint density at radius 1 is 1.16 bits per heavy atom. The predicted octanol–water partition coefficient (Wildman–Crippen LogP) is 3.89. The summed E-state index contributed by atoms with van der Waals surface area (Å²) in [6.45, 7) is 4.97. The number of ether oxygens (including phenoxy) is 4. The van der Waals surface area contributed by atoms with Crippen molar-refractivity contribution < 1.29 is 33.3 Å². The second-order valence-corrected chi connectivity index (χ2v) is 8.79. The molecular formula is C23H29ClO7. The summed E-state index contributed by atoms with van der Waals surface area (Å²) in [5, 5.41) is 0.713. The van der Waals surface area contributed by atoms with Gasteiger partial charge in [0.05, 0.1) is 18.9 Å². The van der Waals surface area contributed by atoms with Crippen molar-refractivity contribution in [1.82, 2.24) is 0 Å². The lowest BCUT2D eigenvalue weighted by molar-refractivity contribution is -0.165. The third kappa shape index (κ3) is 6.68. The van der Waals surface area contributed by atoms with Crippen LogP contribution in [0.5, 0.6) is 0 Å². The van der Waals surface area contributed by atoms with Crippen LogP contribution in [0.4, 0.5) is 0 Å². The van der Waals surface area contributed by atoms with E-state index in [-0.39, 0.29) is 24.9 Å². The summed E-state index contributed by atoms with van der Waals surface area (Å²) in [6.07, 6.45) is 5.44. The molecule has 0 aromatic rings. The van der Waals surface area contributed by atoms with Crippen LogP contribution in [0.1, 0.15) is 59.3 Å². The molecule has 1 fully saturated rings. The molecule has 2 unspecified atom stereocenters. The van der Waals surface area contributed by atoms with Gasteiger partial charge in [-0.05, 0) is 44.8 Å². The quantitative estimate of drug-likeness (QED) is 0.356. The monoisotopic (exact) mass is 452 g/mol. The minimum Gasteiger partial charge on any atom is -0.459 e. The maximum atomic E-state index is 12.7. The first-order valence-corrected chi connectivity index (χ1v) is 11.0. The lowest BCUT2D eigenvalue weighted by Crippen LogP contribution is -2.41. The van der Waals surface area contributed by atoms with Gasteiger partial charge in [-0.2, -0.15) is 0 Å². The molecule has 1 saturated heterocycles. The molecule has 0 aromatic heterocycles. The second kappa shape index (κ2) is 10.5. The van der Waals surface area contributed by atoms with Crippen molar-refractivity contribution in [3.8, 4) is 0 Å². The average molecular weight is 453 g/mol. The van der Waals surface area contributed by atoms with E-state index in [1.54, 1.807) is 6.92 Å². The van der Waals surface area contributed by atoms with Crippen LogP contribution in [0, 0.1) is 0 Å². The van der Waals surface area contributed by atoms with Crippen LogP contribution < -0.4 is 0 Å². The molecule has 3 rings (SSSR count). The normalized spacial score (nSPS) is 32.6. The topological polar surface area (TPSA) is 88.1 Å². The van der Waals surface area contributed by atoms with Crippen LogP contribution in [0.15, 0.2) is 34.4 Å².